The lowest BCUT2D eigenvalue weighted by molar-refractivity contribution is -0.143. The second kappa shape index (κ2) is 10.4. The molecule has 5 rings (SSSR count). The first-order valence-corrected chi connectivity index (χ1v) is 13.0. The summed E-state index contributed by atoms with van der Waals surface area (Å²) < 4.78 is 5.94. The van der Waals surface area contributed by atoms with Crippen LogP contribution in [-0.4, -0.2) is 47.3 Å². The third kappa shape index (κ3) is 5.50. The summed E-state index contributed by atoms with van der Waals surface area (Å²) in [7, 11) is 0. The van der Waals surface area contributed by atoms with Gasteiger partial charge in [0.1, 0.15) is 11.9 Å². The molecule has 186 valence electrons. The van der Waals surface area contributed by atoms with Crippen molar-refractivity contribution in [1.82, 2.24) is 10.3 Å². The van der Waals surface area contributed by atoms with Crippen molar-refractivity contribution in [2.24, 2.45) is 5.92 Å². The van der Waals surface area contributed by atoms with E-state index in [1.165, 1.54) is 12.0 Å². The first kappa shape index (κ1) is 23.8. The van der Waals surface area contributed by atoms with Crippen molar-refractivity contribution in [1.29, 1.82) is 0 Å². The van der Waals surface area contributed by atoms with E-state index in [2.05, 4.69) is 22.8 Å². The molecule has 35 heavy (non-hydrogen) atoms. The highest BCUT2D eigenvalue weighted by Crippen LogP contribution is 2.48. The predicted octanol–water partition coefficient (Wildman–Crippen LogP) is 3.86. The molecule has 1 amide bonds. The number of amides is 1. The predicted molar refractivity (Wildman–Crippen MR) is 133 cm³/mol. The Labute approximate surface area is 206 Å². The fourth-order valence-electron chi connectivity index (χ4n) is 5.34. The number of carbonyl (C=O) groups is 2. The molecular formula is C28H35N3O4. The summed E-state index contributed by atoms with van der Waals surface area (Å²) in [6.45, 7) is 1.34. The summed E-state index contributed by atoms with van der Waals surface area (Å²) in [5.41, 5.74) is 2.85. The molecule has 2 aliphatic carbocycles. The molecule has 2 aromatic rings. The topological polar surface area (TPSA) is 101 Å². The van der Waals surface area contributed by atoms with Crippen LogP contribution in [0.4, 0.5) is 5.82 Å². The molecule has 1 aromatic heterocycles. The second-order valence-electron chi connectivity index (χ2n) is 10.3. The molecule has 2 saturated carbocycles. The van der Waals surface area contributed by atoms with Crippen molar-refractivity contribution < 1.29 is 19.4 Å². The van der Waals surface area contributed by atoms with Gasteiger partial charge in [0.2, 0.25) is 5.91 Å². The van der Waals surface area contributed by atoms with Crippen LogP contribution in [0.1, 0.15) is 61.8 Å². The highest BCUT2D eigenvalue weighted by Gasteiger charge is 2.51. The number of aliphatic carboxylic acids is 1. The number of carboxylic acid groups (broad SMARTS) is 1. The average molecular weight is 478 g/mol. The third-order valence-corrected chi connectivity index (χ3v) is 7.83. The molecule has 1 aliphatic heterocycles. The van der Waals surface area contributed by atoms with Crippen molar-refractivity contribution in [3.63, 3.8) is 0 Å². The van der Waals surface area contributed by atoms with Crippen LogP contribution < -0.4 is 10.6 Å². The van der Waals surface area contributed by atoms with Crippen LogP contribution in [0.15, 0.2) is 42.5 Å². The van der Waals surface area contributed by atoms with Crippen LogP contribution in [0.5, 0.6) is 0 Å². The van der Waals surface area contributed by atoms with Gasteiger partial charge in [-0.25, -0.2) is 9.78 Å². The maximum absolute atomic E-state index is 12.9. The van der Waals surface area contributed by atoms with Crippen molar-refractivity contribution in [3.05, 3.63) is 59.3 Å². The second-order valence-corrected chi connectivity index (χ2v) is 10.3. The number of benzene rings is 1. The lowest BCUT2D eigenvalue weighted by atomic mass is 9.79. The molecule has 0 radical (unpaired) electrons. The first-order valence-electron chi connectivity index (χ1n) is 13.0. The highest BCUT2D eigenvalue weighted by atomic mass is 16.5. The number of aromatic nitrogens is 1. The molecule has 7 heteroatoms. The van der Waals surface area contributed by atoms with Crippen LogP contribution in [-0.2, 0) is 32.6 Å². The van der Waals surface area contributed by atoms with Crippen LogP contribution >= 0.6 is 0 Å². The van der Waals surface area contributed by atoms with Gasteiger partial charge in [-0.05, 0) is 74.5 Å². The average Bonchev–Trinajstić information content (AvgIpc) is 3.66. The number of fused-ring (bicyclic) bond motifs is 1. The largest absolute Gasteiger partial charge is 0.480 e. The van der Waals surface area contributed by atoms with E-state index < -0.39 is 17.4 Å². The lowest BCUT2D eigenvalue weighted by Gasteiger charge is -2.35. The molecule has 3 aliphatic rings. The van der Waals surface area contributed by atoms with E-state index in [4.69, 9.17) is 9.72 Å². The highest BCUT2D eigenvalue weighted by molar-refractivity contribution is 5.94. The van der Waals surface area contributed by atoms with E-state index in [0.29, 0.717) is 12.5 Å². The Balaban J connectivity index is 1.02. The normalized spacial score (nSPS) is 22.7. The summed E-state index contributed by atoms with van der Waals surface area (Å²) in [4.78, 5) is 29.4. The molecule has 1 unspecified atom stereocenters. The van der Waals surface area contributed by atoms with Gasteiger partial charge in [-0.15, -0.1) is 0 Å². The SMILES string of the molecule is O=C(O)C(CCO[C@H]1C[C@H](CCc2ccc3c(n2)NCCC3)C1)NC(=O)C1(c2ccccc2)CC1. The summed E-state index contributed by atoms with van der Waals surface area (Å²) in [5.74, 6) is 0.483. The van der Waals surface area contributed by atoms with E-state index in [-0.39, 0.29) is 18.4 Å². The minimum atomic E-state index is -1.01. The molecule has 1 atom stereocenters. The van der Waals surface area contributed by atoms with Crippen molar-refractivity contribution in [3.8, 4) is 0 Å². The number of pyridine rings is 1. The van der Waals surface area contributed by atoms with Crippen molar-refractivity contribution in [2.45, 2.75) is 75.3 Å². The van der Waals surface area contributed by atoms with Gasteiger partial charge < -0.3 is 20.5 Å². The number of hydrogen-bond donors (Lipinski definition) is 3. The van der Waals surface area contributed by atoms with Gasteiger partial charge in [0.25, 0.3) is 0 Å². The Bertz CT molecular complexity index is 1050. The standard InChI is InChI=1S/C28H35N3O4/c32-26(33)24(31-27(34)28(13-14-28)21-6-2-1-3-7-21)12-16-35-23-17-19(18-23)8-10-22-11-9-20-5-4-15-29-25(20)30-22/h1-3,6-7,9,11,19,23-24H,4-5,8,10,12-18H2,(H,29,30)(H,31,34)(H,32,33)/t19-,23-,24?. The van der Waals surface area contributed by atoms with Gasteiger partial charge in [-0.2, -0.15) is 0 Å². The van der Waals surface area contributed by atoms with Crippen LogP contribution in [0.25, 0.3) is 0 Å². The molecule has 0 bridgehead atoms. The van der Waals surface area contributed by atoms with Gasteiger partial charge in [0, 0.05) is 25.3 Å². The molecular weight excluding hydrogens is 442 g/mol. The molecule has 0 saturated heterocycles. The fraction of sp³-hybridized carbons (Fsp3) is 0.536. The first-order chi connectivity index (χ1) is 17.0. The number of rotatable bonds is 11. The Morgan fingerprint density at radius 3 is 2.71 bits per heavy atom. The van der Waals surface area contributed by atoms with E-state index in [9.17, 15) is 14.7 Å². The lowest BCUT2D eigenvalue weighted by Crippen LogP contribution is -2.46. The smallest absolute Gasteiger partial charge is 0.326 e. The van der Waals surface area contributed by atoms with E-state index >= 15 is 0 Å². The number of carbonyl (C=O) groups excluding carboxylic acids is 1. The summed E-state index contributed by atoms with van der Waals surface area (Å²) in [6.07, 6.45) is 8.34. The Morgan fingerprint density at radius 2 is 1.97 bits per heavy atom. The third-order valence-electron chi connectivity index (χ3n) is 7.83. The van der Waals surface area contributed by atoms with E-state index in [1.807, 2.05) is 30.3 Å². The maximum Gasteiger partial charge on any atom is 0.326 e. The number of anilines is 1. The van der Waals surface area contributed by atoms with E-state index in [1.54, 1.807) is 0 Å². The Kier molecular flexibility index (Phi) is 7.04. The van der Waals surface area contributed by atoms with E-state index in [0.717, 1.165) is 68.6 Å². The minimum Gasteiger partial charge on any atom is -0.480 e. The zero-order chi connectivity index (χ0) is 24.3. The Hall–Kier alpha value is -2.93. The quantitative estimate of drug-likeness (QED) is 0.454. The monoisotopic (exact) mass is 477 g/mol. The van der Waals surface area contributed by atoms with Crippen molar-refractivity contribution >= 4 is 17.7 Å². The van der Waals surface area contributed by atoms with Gasteiger partial charge >= 0.3 is 5.97 Å². The number of nitrogens with zero attached hydrogens (tertiary/aromatic N) is 1. The molecule has 2 heterocycles. The number of nitrogens with one attached hydrogen (secondary N) is 2. The molecule has 7 nitrogen and oxygen atoms in total. The summed E-state index contributed by atoms with van der Waals surface area (Å²) in [5, 5.41) is 15.8. The number of ether oxygens (including phenoxy) is 1. The van der Waals surface area contributed by atoms with Crippen LogP contribution in [0.2, 0.25) is 0 Å². The zero-order valence-electron chi connectivity index (χ0n) is 20.2. The maximum atomic E-state index is 12.9. The number of hydrogen-bond acceptors (Lipinski definition) is 5. The molecule has 1 aromatic carbocycles. The molecule has 2 fully saturated rings. The minimum absolute atomic E-state index is 0.183. The summed E-state index contributed by atoms with van der Waals surface area (Å²) in [6, 6.07) is 13.1. The fourth-order valence-corrected chi connectivity index (χ4v) is 5.34. The van der Waals surface area contributed by atoms with Gasteiger partial charge in [0.05, 0.1) is 11.5 Å². The van der Waals surface area contributed by atoms with Crippen molar-refractivity contribution in [2.75, 3.05) is 18.5 Å². The van der Waals surface area contributed by atoms with Gasteiger partial charge in [-0.1, -0.05) is 36.4 Å². The van der Waals surface area contributed by atoms with Gasteiger partial charge in [-0.3, -0.25) is 4.79 Å². The molecule has 0 spiro atoms. The Morgan fingerprint density at radius 1 is 1.17 bits per heavy atom. The number of carboxylic acids is 1. The zero-order valence-corrected chi connectivity index (χ0v) is 20.2. The van der Waals surface area contributed by atoms with Gasteiger partial charge in [0.15, 0.2) is 0 Å². The van der Waals surface area contributed by atoms with Crippen LogP contribution in [0.3, 0.4) is 0 Å². The number of aryl methyl sites for hydroxylation is 2. The summed E-state index contributed by atoms with van der Waals surface area (Å²) >= 11 is 0. The molecule has 3 N–H and O–H groups in total. The van der Waals surface area contributed by atoms with Crippen LogP contribution in [0, 0.1) is 5.92 Å².